The molecule has 3 rings (SSSR count). The lowest BCUT2D eigenvalue weighted by Gasteiger charge is -2.30. The quantitative estimate of drug-likeness (QED) is 0.640. The molecule has 0 radical (unpaired) electrons. The summed E-state index contributed by atoms with van der Waals surface area (Å²) in [6, 6.07) is 0. The number of amides is 2. The van der Waals surface area contributed by atoms with Crippen LogP contribution >= 0.6 is 0 Å². The Hall–Kier alpha value is -2.85. The fourth-order valence-corrected chi connectivity index (χ4v) is 3.09. The van der Waals surface area contributed by atoms with E-state index in [0.29, 0.717) is 12.2 Å². The number of carbonyl (C=O) groups excluding carboxylic acids is 2. The van der Waals surface area contributed by atoms with Crippen molar-refractivity contribution in [3.63, 3.8) is 0 Å². The molecule has 0 spiro atoms. The molecular formula is C18H24N6O4. The molecule has 0 saturated carbocycles. The fourth-order valence-electron chi connectivity index (χ4n) is 3.09. The summed E-state index contributed by atoms with van der Waals surface area (Å²) < 4.78 is 5.47. The lowest BCUT2D eigenvalue weighted by molar-refractivity contribution is -0.0324. The number of ether oxygens (including phenoxy) is 1. The summed E-state index contributed by atoms with van der Waals surface area (Å²) in [6.45, 7) is 4.36. The summed E-state index contributed by atoms with van der Waals surface area (Å²) >= 11 is 0. The van der Waals surface area contributed by atoms with E-state index in [1.54, 1.807) is 0 Å². The molecule has 1 saturated heterocycles. The largest absolute Gasteiger partial charge is 0.384 e. The van der Waals surface area contributed by atoms with Gasteiger partial charge in [-0.3, -0.25) is 19.7 Å². The number of β-amino-alcohol motifs (C(OH)–C–C–N with tert-alkyl or cyclic N) is 1. The van der Waals surface area contributed by atoms with E-state index in [2.05, 4.69) is 25.5 Å². The highest BCUT2D eigenvalue weighted by Crippen LogP contribution is 2.17. The van der Waals surface area contributed by atoms with Gasteiger partial charge in [-0.15, -0.1) is 0 Å². The van der Waals surface area contributed by atoms with Gasteiger partial charge in [0.15, 0.2) is 5.69 Å². The van der Waals surface area contributed by atoms with E-state index in [-0.39, 0.29) is 37.9 Å². The number of aromatic nitrogens is 4. The van der Waals surface area contributed by atoms with Crippen molar-refractivity contribution in [1.82, 2.24) is 30.4 Å². The van der Waals surface area contributed by atoms with Crippen LogP contribution in [0.3, 0.4) is 0 Å². The average molecular weight is 388 g/mol. The minimum absolute atomic E-state index is 0.00269. The van der Waals surface area contributed by atoms with E-state index in [0.717, 1.165) is 17.7 Å². The van der Waals surface area contributed by atoms with Crippen LogP contribution in [0.25, 0.3) is 0 Å². The summed E-state index contributed by atoms with van der Waals surface area (Å²) in [5, 5.41) is 20.6. The van der Waals surface area contributed by atoms with Gasteiger partial charge in [0, 0.05) is 30.2 Å². The summed E-state index contributed by atoms with van der Waals surface area (Å²) in [5.41, 5.74) is 0.762. The number of aryl methyl sites for hydroxylation is 1. The van der Waals surface area contributed by atoms with Crippen LogP contribution < -0.4 is 5.32 Å². The predicted octanol–water partition coefficient (Wildman–Crippen LogP) is -0.296. The van der Waals surface area contributed by atoms with Crippen molar-refractivity contribution in [3.8, 4) is 0 Å². The molecule has 0 aliphatic carbocycles. The van der Waals surface area contributed by atoms with Crippen LogP contribution in [0, 0.1) is 6.92 Å². The van der Waals surface area contributed by atoms with E-state index in [1.165, 1.54) is 23.5 Å². The zero-order chi connectivity index (χ0) is 20.1. The predicted molar refractivity (Wildman–Crippen MR) is 98.7 cm³/mol. The summed E-state index contributed by atoms with van der Waals surface area (Å²) in [7, 11) is 0. The number of nitrogens with zero attached hydrogens (tertiary/aromatic N) is 4. The first-order valence-electron chi connectivity index (χ1n) is 9.11. The maximum atomic E-state index is 12.9. The van der Waals surface area contributed by atoms with Gasteiger partial charge in [0.25, 0.3) is 11.8 Å². The van der Waals surface area contributed by atoms with Crippen molar-refractivity contribution in [2.24, 2.45) is 0 Å². The Morgan fingerprint density at radius 3 is 2.93 bits per heavy atom. The van der Waals surface area contributed by atoms with Gasteiger partial charge in [-0.1, -0.05) is 6.92 Å². The molecule has 3 heterocycles. The standard InChI is InChI=1S/C18H24N6O4/c1-3-13-12(2)15(23-22-13)17(26)24-6-7-28-11-18(27,10-24)9-21-16(25)14-8-19-4-5-20-14/h4-5,8,27H,3,6-7,9-11H2,1-2H3,(H,21,25)(H,22,23)/t18-/m1/s1. The Kier molecular flexibility index (Phi) is 6.00. The Bertz CT molecular complexity index is 840. The Morgan fingerprint density at radius 1 is 1.43 bits per heavy atom. The monoisotopic (exact) mass is 388 g/mol. The zero-order valence-electron chi connectivity index (χ0n) is 15.9. The molecule has 2 amide bonds. The minimum atomic E-state index is -1.43. The van der Waals surface area contributed by atoms with Crippen molar-refractivity contribution < 1.29 is 19.4 Å². The topological polar surface area (TPSA) is 133 Å². The number of hydrogen-bond acceptors (Lipinski definition) is 7. The van der Waals surface area contributed by atoms with E-state index >= 15 is 0 Å². The third-order valence-electron chi connectivity index (χ3n) is 4.69. The van der Waals surface area contributed by atoms with Crippen LogP contribution in [0.2, 0.25) is 0 Å². The molecule has 0 bridgehead atoms. The molecule has 0 unspecified atom stereocenters. The van der Waals surface area contributed by atoms with Crippen molar-refractivity contribution in [1.29, 1.82) is 0 Å². The first-order chi connectivity index (χ1) is 13.4. The molecule has 2 aromatic rings. The Labute approximate surface area is 162 Å². The number of hydrogen-bond donors (Lipinski definition) is 3. The van der Waals surface area contributed by atoms with Crippen molar-refractivity contribution in [3.05, 3.63) is 41.2 Å². The normalized spacial score (nSPS) is 19.9. The van der Waals surface area contributed by atoms with Crippen LogP contribution in [0.5, 0.6) is 0 Å². The SMILES string of the molecule is CCc1[nH]nc(C(=O)N2CCOC[C@@](O)(CNC(=O)c3cnccn3)C2)c1C. The number of aliphatic hydroxyl groups is 1. The molecule has 1 fully saturated rings. The number of H-pyrrole nitrogens is 1. The number of carbonyl (C=O) groups is 2. The third kappa shape index (κ3) is 4.34. The van der Waals surface area contributed by atoms with E-state index in [1.807, 2.05) is 13.8 Å². The second-order valence-corrected chi connectivity index (χ2v) is 6.81. The first-order valence-corrected chi connectivity index (χ1v) is 9.11. The summed E-state index contributed by atoms with van der Waals surface area (Å²) in [5.74, 6) is -0.739. The molecule has 1 atom stereocenters. The van der Waals surface area contributed by atoms with E-state index in [4.69, 9.17) is 4.74 Å². The molecule has 0 aromatic carbocycles. The number of aromatic amines is 1. The number of nitrogens with one attached hydrogen (secondary N) is 2. The second kappa shape index (κ2) is 8.44. The average Bonchev–Trinajstić information content (AvgIpc) is 2.97. The van der Waals surface area contributed by atoms with Gasteiger partial charge in [0.05, 0.1) is 32.5 Å². The smallest absolute Gasteiger partial charge is 0.274 e. The summed E-state index contributed by atoms with van der Waals surface area (Å²) in [4.78, 5) is 34.4. The molecular weight excluding hydrogens is 364 g/mol. The molecule has 150 valence electrons. The van der Waals surface area contributed by atoms with Crippen molar-refractivity contribution in [2.45, 2.75) is 25.9 Å². The van der Waals surface area contributed by atoms with E-state index in [9.17, 15) is 14.7 Å². The maximum Gasteiger partial charge on any atom is 0.274 e. The molecule has 10 heteroatoms. The van der Waals surface area contributed by atoms with Gasteiger partial charge in [0.2, 0.25) is 0 Å². The maximum absolute atomic E-state index is 12.9. The van der Waals surface area contributed by atoms with Crippen molar-refractivity contribution >= 4 is 11.8 Å². The Balaban J connectivity index is 1.69. The Morgan fingerprint density at radius 2 is 2.25 bits per heavy atom. The second-order valence-electron chi connectivity index (χ2n) is 6.81. The van der Waals surface area contributed by atoms with Gasteiger partial charge in [-0.25, -0.2) is 4.98 Å². The molecule has 1 aliphatic rings. The molecule has 10 nitrogen and oxygen atoms in total. The van der Waals surface area contributed by atoms with Crippen LogP contribution in [0.1, 0.15) is 39.2 Å². The fraction of sp³-hybridized carbons (Fsp3) is 0.500. The van der Waals surface area contributed by atoms with Gasteiger partial charge in [-0.2, -0.15) is 5.10 Å². The highest BCUT2D eigenvalue weighted by molar-refractivity contribution is 5.94. The van der Waals surface area contributed by atoms with Crippen LogP contribution in [-0.4, -0.2) is 80.4 Å². The molecule has 3 N–H and O–H groups in total. The van der Waals surface area contributed by atoms with Crippen molar-refractivity contribution in [2.75, 3.05) is 32.8 Å². The third-order valence-corrected chi connectivity index (χ3v) is 4.69. The molecule has 28 heavy (non-hydrogen) atoms. The van der Waals surface area contributed by atoms with Gasteiger partial charge >= 0.3 is 0 Å². The molecule has 2 aromatic heterocycles. The van der Waals surface area contributed by atoms with Gasteiger partial charge in [0.1, 0.15) is 11.3 Å². The first kappa shape index (κ1) is 19.9. The van der Waals surface area contributed by atoms with Crippen LogP contribution in [0.15, 0.2) is 18.6 Å². The number of rotatable bonds is 5. The zero-order valence-corrected chi connectivity index (χ0v) is 15.9. The lowest BCUT2D eigenvalue weighted by Crippen LogP contribution is -2.53. The van der Waals surface area contributed by atoms with Crippen LogP contribution in [0.4, 0.5) is 0 Å². The minimum Gasteiger partial charge on any atom is -0.384 e. The van der Waals surface area contributed by atoms with Crippen LogP contribution in [-0.2, 0) is 11.2 Å². The lowest BCUT2D eigenvalue weighted by atomic mass is 10.0. The molecule has 1 aliphatic heterocycles. The van der Waals surface area contributed by atoms with E-state index < -0.39 is 11.5 Å². The highest BCUT2D eigenvalue weighted by atomic mass is 16.5. The highest BCUT2D eigenvalue weighted by Gasteiger charge is 2.36. The van der Waals surface area contributed by atoms with Gasteiger partial charge < -0.3 is 20.1 Å². The van der Waals surface area contributed by atoms with Gasteiger partial charge in [-0.05, 0) is 13.3 Å². The summed E-state index contributed by atoms with van der Waals surface area (Å²) in [6.07, 6.45) is 4.96.